The van der Waals surface area contributed by atoms with Gasteiger partial charge < -0.3 is 14.8 Å². The number of benzene rings is 2. The van der Waals surface area contributed by atoms with Crippen LogP contribution < -0.4 is 0 Å². The van der Waals surface area contributed by atoms with Gasteiger partial charge in [-0.2, -0.15) is 0 Å². The summed E-state index contributed by atoms with van der Waals surface area (Å²) in [6.07, 6.45) is 1.75. The van der Waals surface area contributed by atoms with Crippen molar-refractivity contribution in [2.75, 3.05) is 26.2 Å². The Morgan fingerprint density at radius 3 is 2.33 bits per heavy atom. The fourth-order valence-electron chi connectivity index (χ4n) is 4.57. The van der Waals surface area contributed by atoms with Crippen LogP contribution in [0.15, 0.2) is 48.5 Å². The molecule has 0 aliphatic carbocycles. The Morgan fingerprint density at radius 1 is 0.933 bits per heavy atom. The number of carbonyl (C=O) groups is 2. The first-order valence-electron chi connectivity index (χ1n) is 10.0. The number of rotatable bonds is 2. The molecular formula is C23H21ClFN3O2. The second kappa shape index (κ2) is 7.13. The van der Waals surface area contributed by atoms with Crippen molar-refractivity contribution in [3.63, 3.8) is 0 Å². The van der Waals surface area contributed by atoms with Crippen molar-refractivity contribution in [1.82, 2.24) is 14.8 Å². The lowest BCUT2D eigenvalue weighted by Crippen LogP contribution is -2.62. The number of aromatic amines is 1. The van der Waals surface area contributed by atoms with Gasteiger partial charge in [-0.1, -0.05) is 11.6 Å². The van der Waals surface area contributed by atoms with Crippen molar-refractivity contribution in [3.8, 4) is 0 Å². The minimum Gasteiger partial charge on any atom is -0.351 e. The molecule has 154 valence electrons. The van der Waals surface area contributed by atoms with Crippen LogP contribution in [-0.4, -0.2) is 52.8 Å². The summed E-state index contributed by atoms with van der Waals surface area (Å²) < 4.78 is 13.1. The summed E-state index contributed by atoms with van der Waals surface area (Å²) in [6, 6.07) is 13.0. The molecule has 2 amide bonds. The summed E-state index contributed by atoms with van der Waals surface area (Å²) >= 11 is 6.04. The number of piperidine rings is 1. The molecule has 3 heterocycles. The molecule has 2 fully saturated rings. The van der Waals surface area contributed by atoms with Gasteiger partial charge in [-0.15, -0.1) is 0 Å². The van der Waals surface area contributed by atoms with Crippen LogP contribution in [0, 0.1) is 11.2 Å². The summed E-state index contributed by atoms with van der Waals surface area (Å²) in [5, 5.41) is 1.57. The van der Waals surface area contributed by atoms with Crippen molar-refractivity contribution < 1.29 is 14.0 Å². The Labute approximate surface area is 178 Å². The number of amides is 2. The van der Waals surface area contributed by atoms with Crippen LogP contribution in [0.4, 0.5) is 4.39 Å². The summed E-state index contributed by atoms with van der Waals surface area (Å²) in [7, 11) is 0. The van der Waals surface area contributed by atoms with E-state index in [1.807, 2.05) is 28.0 Å². The molecule has 7 heteroatoms. The first-order valence-corrected chi connectivity index (χ1v) is 10.4. The molecule has 5 nitrogen and oxygen atoms in total. The van der Waals surface area contributed by atoms with E-state index in [1.165, 1.54) is 24.3 Å². The highest BCUT2D eigenvalue weighted by atomic mass is 35.5. The quantitative estimate of drug-likeness (QED) is 0.664. The van der Waals surface area contributed by atoms with Gasteiger partial charge in [0.25, 0.3) is 11.8 Å². The highest BCUT2D eigenvalue weighted by Gasteiger charge is 2.47. The van der Waals surface area contributed by atoms with Gasteiger partial charge in [-0.05, 0) is 61.4 Å². The normalized spacial score (nSPS) is 17.9. The molecule has 2 aliphatic rings. The molecule has 30 heavy (non-hydrogen) atoms. The smallest absolute Gasteiger partial charge is 0.270 e. The molecule has 1 N–H and O–H groups in total. The zero-order valence-corrected chi connectivity index (χ0v) is 17.1. The molecule has 2 aromatic carbocycles. The highest BCUT2D eigenvalue weighted by molar-refractivity contribution is 6.31. The van der Waals surface area contributed by atoms with E-state index in [1.54, 1.807) is 6.07 Å². The lowest BCUT2D eigenvalue weighted by molar-refractivity contribution is -0.0288. The Bertz CT molecular complexity index is 1130. The van der Waals surface area contributed by atoms with E-state index in [0.29, 0.717) is 42.5 Å². The number of halogens is 2. The molecule has 0 saturated carbocycles. The maximum absolute atomic E-state index is 13.1. The maximum Gasteiger partial charge on any atom is 0.270 e. The van der Waals surface area contributed by atoms with Crippen LogP contribution >= 0.6 is 11.6 Å². The second-order valence-corrected chi connectivity index (χ2v) is 8.81. The maximum atomic E-state index is 13.1. The molecule has 0 radical (unpaired) electrons. The summed E-state index contributed by atoms with van der Waals surface area (Å²) in [4.78, 5) is 32.4. The van der Waals surface area contributed by atoms with E-state index >= 15 is 0 Å². The van der Waals surface area contributed by atoms with E-state index in [0.717, 1.165) is 23.7 Å². The monoisotopic (exact) mass is 425 g/mol. The van der Waals surface area contributed by atoms with E-state index in [9.17, 15) is 14.0 Å². The number of aromatic nitrogens is 1. The van der Waals surface area contributed by atoms with Gasteiger partial charge in [0.05, 0.1) is 0 Å². The average Bonchev–Trinajstić information content (AvgIpc) is 3.15. The zero-order chi connectivity index (χ0) is 20.9. The van der Waals surface area contributed by atoms with Crippen LogP contribution in [0.3, 0.4) is 0 Å². The molecule has 1 aromatic heterocycles. The lowest BCUT2D eigenvalue weighted by Gasteiger charge is -2.54. The predicted molar refractivity (Wildman–Crippen MR) is 113 cm³/mol. The number of hydrogen-bond donors (Lipinski definition) is 1. The number of nitrogens with zero attached hydrogens (tertiary/aromatic N) is 2. The van der Waals surface area contributed by atoms with Gasteiger partial charge in [0.2, 0.25) is 0 Å². The van der Waals surface area contributed by atoms with E-state index in [4.69, 9.17) is 11.6 Å². The molecular weight excluding hydrogens is 405 g/mol. The number of nitrogens with one attached hydrogen (secondary N) is 1. The fraction of sp³-hybridized carbons (Fsp3) is 0.304. The number of H-pyrrole nitrogens is 1. The predicted octanol–water partition coefficient (Wildman–Crippen LogP) is 4.34. The Morgan fingerprint density at radius 2 is 1.63 bits per heavy atom. The SMILES string of the molecule is O=C(c1ccc(F)cc1)N1CC2(CCN(C(=O)c3cc4cc(Cl)ccc4[nH]3)CC2)C1. The van der Waals surface area contributed by atoms with Crippen LogP contribution in [0.1, 0.15) is 33.7 Å². The molecule has 2 aliphatic heterocycles. The first kappa shape index (κ1) is 19.1. The third-order valence-corrected chi connectivity index (χ3v) is 6.59. The number of hydrogen-bond acceptors (Lipinski definition) is 2. The first-order chi connectivity index (χ1) is 14.4. The van der Waals surface area contributed by atoms with E-state index in [-0.39, 0.29) is 23.0 Å². The van der Waals surface area contributed by atoms with Crippen molar-refractivity contribution in [2.45, 2.75) is 12.8 Å². The summed E-state index contributed by atoms with van der Waals surface area (Å²) in [5.74, 6) is -0.409. The summed E-state index contributed by atoms with van der Waals surface area (Å²) in [6.45, 7) is 2.73. The third kappa shape index (κ3) is 3.35. The minimum absolute atomic E-state index is 0.00394. The molecule has 0 atom stereocenters. The highest BCUT2D eigenvalue weighted by Crippen LogP contribution is 2.41. The van der Waals surface area contributed by atoms with Crippen molar-refractivity contribution in [1.29, 1.82) is 0 Å². The van der Waals surface area contributed by atoms with Gasteiger partial charge in [0.15, 0.2) is 0 Å². The van der Waals surface area contributed by atoms with Crippen molar-refractivity contribution >= 4 is 34.3 Å². The van der Waals surface area contributed by atoms with Crippen molar-refractivity contribution in [2.24, 2.45) is 5.41 Å². The molecule has 3 aromatic rings. The van der Waals surface area contributed by atoms with Gasteiger partial charge in [-0.25, -0.2) is 4.39 Å². The Kier molecular flexibility index (Phi) is 4.54. The number of carbonyl (C=O) groups excluding carboxylic acids is 2. The fourth-order valence-corrected chi connectivity index (χ4v) is 4.75. The van der Waals surface area contributed by atoms with E-state index < -0.39 is 0 Å². The molecule has 5 rings (SSSR count). The molecule has 2 saturated heterocycles. The summed E-state index contributed by atoms with van der Waals surface area (Å²) in [5.41, 5.74) is 2.06. The molecule has 1 spiro atoms. The average molecular weight is 426 g/mol. The lowest BCUT2D eigenvalue weighted by atomic mass is 9.71. The molecule has 0 bridgehead atoms. The van der Waals surface area contributed by atoms with Gasteiger partial charge in [0, 0.05) is 53.1 Å². The third-order valence-electron chi connectivity index (χ3n) is 6.36. The van der Waals surface area contributed by atoms with Gasteiger partial charge >= 0.3 is 0 Å². The van der Waals surface area contributed by atoms with Crippen LogP contribution in [0.5, 0.6) is 0 Å². The zero-order valence-electron chi connectivity index (χ0n) is 16.3. The largest absolute Gasteiger partial charge is 0.351 e. The topological polar surface area (TPSA) is 56.4 Å². The Hall–Kier alpha value is -2.86. The van der Waals surface area contributed by atoms with Crippen LogP contribution in [-0.2, 0) is 0 Å². The van der Waals surface area contributed by atoms with Crippen LogP contribution in [0.2, 0.25) is 5.02 Å². The minimum atomic E-state index is -0.346. The standard InChI is InChI=1S/C23H21ClFN3O2/c24-17-3-6-19-16(11-17)12-20(26-19)22(30)27-9-7-23(8-10-27)13-28(14-23)21(29)15-1-4-18(25)5-2-15/h1-6,11-12,26H,7-10,13-14H2. The number of fused-ring (bicyclic) bond motifs is 1. The van der Waals surface area contributed by atoms with Gasteiger partial charge in [-0.3, -0.25) is 9.59 Å². The van der Waals surface area contributed by atoms with Crippen LogP contribution in [0.25, 0.3) is 10.9 Å². The van der Waals surface area contributed by atoms with Gasteiger partial charge in [0.1, 0.15) is 11.5 Å². The van der Waals surface area contributed by atoms with Crippen molar-refractivity contribution in [3.05, 3.63) is 70.6 Å². The Balaban J connectivity index is 1.20. The number of likely N-dealkylation sites (tertiary alicyclic amines) is 2. The second-order valence-electron chi connectivity index (χ2n) is 8.37. The molecule has 0 unspecified atom stereocenters. The van der Waals surface area contributed by atoms with E-state index in [2.05, 4.69) is 4.98 Å².